The first-order chi connectivity index (χ1) is 13.1. The zero-order valence-corrected chi connectivity index (χ0v) is 17.3. The molecule has 1 aromatic carbocycles. The summed E-state index contributed by atoms with van der Waals surface area (Å²) in [6, 6.07) is 7.02. The van der Waals surface area contributed by atoms with Gasteiger partial charge < -0.3 is 18.9 Å². The molecule has 0 aliphatic rings. The smallest absolute Gasteiger partial charge is 0.344 e. The van der Waals surface area contributed by atoms with E-state index in [1.54, 1.807) is 24.3 Å². The van der Waals surface area contributed by atoms with E-state index < -0.39 is 34.9 Å². The quantitative estimate of drug-likeness (QED) is 0.232. The molecule has 1 aromatic rings. The highest BCUT2D eigenvalue weighted by Gasteiger charge is 2.23. The molecule has 1 rings (SSSR count). The molecule has 10 heteroatoms. The number of hydrogen-bond acceptors (Lipinski definition) is 7. The molecule has 0 saturated heterocycles. The third kappa shape index (κ3) is 10.4. The number of carbonyl (C=O) groups is 3. The fourth-order valence-electron chi connectivity index (χ4n) is 1.74. The molecule has 28 heavy (non-hydrogen) atoms. The molecule has 0 aromatic heterocycles. The van der Waals surface area contributed by atoms with Gasteiger partial charge in [0.1, 0.15) is 19.0 Å². The predicted octanol–water partition coefficient (Wildman–Crippen LogP) is 3.53. The fraction of sp³-hybridized carbons (Fsp3) is 0.389. The van der Waals surface area contributed by atoms with Crippen LogP contribution in [0.4, 0.5) is 0 Å². The number of esters is 3. The van der Waals surface area contributed by atoms with Crippen molar-refractivity contribution in [3.63, 3.8) is 0 Å². The molecule has 0 heterocycles. The summed E-state index contributed by atoms with van der Waals surface area (Å²) < 4.78 is 17.9. The first kappa shape index (κ1) is 24.1. The van der Waals surface area contributed by atoms with Gasteiger partial charge in [-0.2, -0.15) is 0 Å². The minimum absolute atomic E-state index is 0.0247. The van der Waals surface area contributed by atoms with Crippen molar-refractivity contribution in [3.8, 4) is 5.75 Å². The van der Waals surface area contributed by atoms with E-state index in [2.05, 4.69) is 16.1 Å². The van der Waals surface area contributed by atoms with Crippen molar-refractivity contribution in [1.29, 1.82) is 0 Å². The van der Waals surface area contributed by atoms with Crippen LogP contribution >= 0.6 is 34.8 Å². The lowest BCUT2D eigenvalue weighted by Gasteiger charge is -2.11. The summed E-state index contributed by atoms with van der Waals surface area (Å²) in [5.74, 6) is -1.81. The summed E-state index contributed by atoms with van der Waals surface area (Å²) in [5, 5.41) is 0. The summed E-state index contributed by atoms with van der Waals surface area (Å²) in [6.07, 6.45) is -0.390. The maximum absolute atomic E-state index is 11.8. The van der Waals surface area contributed by atoms with Gasteiger partial charge in [0.2, 0.25) is 3.79 Å². The highest BCUT2D eigenvalue weighted by Crippen LogP contribution is 2.25. The van der Waals surface area contributed by atoms with Crippen molar-refractivity contribution in [3.05, 3.63) is 42.0 Å². The van der Waals surface area contributed by atoms with Crippen molar-refractivity contribution in [2.75, 3.05) is 19.8 Å². The lowest BCUT2D eigenvalue weighted by Crippen LogP contribution is -2.22. The van der Waals surface area contributed by atoms with Crippen LogP contribution in [0.5, 0.6) is 5.75 Å². The van der Waals surface area contributed by atoms with Crippen molar-refractivity contribution >= 4 is 52.7 Å². The van der Waals surface area contributed by atoms with Gasteiger partial charge in [-0.05, 0) is 24.6 Å². The number of rotatable bonds is 10. The number of alkyl halides is 3. The minimum Gasteiger partial charge on any atom is -0.494 e. The van der Waals surface area contributed by atoms with Gasteiger partial charge in [0.15, 0.2) is 6.61 Å². The van der Waals surface area contributed by atoms with E-state index >= 15 is 0 Å². The van der Waals surface area contributed by atoms with Gasteiger partial charge in [0.25, 0.3) is 0 Å². The van der Waals surface area contributed by atoms with Gasteiger partial charge in [0, 0.05) is 5.57 Å². The molecule has 0 radical (unpaired) electrons. The van der Waals surface area contributed by atoms with Crippen LogP contribution in [0, 0.1) is 0 Å². The van der Waals surface area contributed by atoms with Crippen molar-refractivity contribution in [2.24, 2.45) is 0 Å². The second-order valence-electron chi connectivity index (χ2n) is 5.37. The van der Waals surface area contributed by atoms with Crippen molar-refractivity contribution < 1.29 is 33.3 Å². The zero-order chi connectivity index (χ0) is 21.2. The molecule has 0 N–H and O–H groups in total. The summed E-state index contributed by atoms with van der Waals surface area (Å²) in [7, 11) is 0. The summed E-state index contributed by atoms with van der Waals surface area (Å²) >= 11 is 16.3. The Balaban J connectivity index is 2.31. The normalized spacial score (nSPS) is 10.7. The van der Waals surface area contributed by atoms with Crippen LogP contribution < -0.4 is 4.74 Å². The highest BCUT2D eigenvalue weighted by molar-refractivity contribution is 6.67. The Labute approximate surface area is 177 Å². The standard InChI is InChI=1S/C18H19Cl3O7/c1-3-25-14-6-4-13(5-7-14)9-26-15(22)8-12(2)17(24)27-10-16(23)28-11-18(19,20)21/h4-7H,2-3,8-11H2,1H3. The molecule has 0 spiro atoms. The maximum atomic E-state index is 11.8. The summed E-state index contributed by atoms with van der Waals surface area (Å²) in [6.45, 7) is 4.69. The Morgan fingerprint density at radius 1 is 1.00 bits per heavy atom. The van der Waals surface area contributed by atoms with Crippen LogP contribution in [0.15, 0.2) is 36.4 Å². The third-order valence-electron chi connectivity index (χ3n) is 3.00. The molecule has 0 aliphatic carbocycles. The van der Waals surface area contributed by atoms with Crippen molar-refractivity contribution in [2.45, 2.75) is 23.7 Å². The second-order valence-corrected chi connectivity index (χ2v) is 7.89. The Kier molecular flexibility index (Phi) is 10.1. The molecule has 0 bridgehead atoms. The lowest BCUT2D eigenvalue weighted by molar-refractivity contribution is -0.157. The van der Waals surface area contributed by atoms with E-state index in [1.165, 1.54) is 0 Å². The average Bonchev–Trinajstić information content (AvgIpc) is 2.63. The Morgan fingerprint density at radius 3 is 2.21 bits per heavy atom. The first-order valence-corrected chi connectivity index (χ1v) is 9.18. The monoisotopic (exact) mass is 452 g/mol. The van der Waals surface area contributed by atoms with E-state index in [-0.39, 0.29) is 18.6 Å². The van der Waals surface area contributed by atoms with Crippen LogP contribution in [0.2, 0.25) is 0 Å². The number of hydrogen-bond donors (Lipinski definition) is 0. The van der Waals surface area contributed by atoms with Gasteiger partial charge in [-0.1, -0.05) is 53.5 Å². The molecular formula is C18H19Cl3O7. The zero-order valence-electron chi connectivity index (χ0n) is 15.0. The molecule has 7 nitrogen and oxygen atoms in total. The lowest BCUT2D eigenvalue weighted by atomic mass is 10.2. The van der Waals surface area contributed by atoms with E-state index in [0.717, 1.165) is 5.56 Å². The number of ether oxygens (including phenoxy) is 4. The van der Waals surface area contributed by atoms with Gasteiger partial charge in [0.05, 0.1) is 13.0 Å². The number of halogens is 3. The van der Waals surface area contributed by atoms with E-state index in [0.29, 0.717) is 12.4 Å². The van der Waals surface area contributed by atoms with E-state index in [4.69, 9.17) is 44.3 Å². The first-order valence-electron chi connectivity index (χ1n) is 8.05. The summed E-state index contributed by atoms with van der Waals surface area (Å²) in [5.41, 5.74) is 0.576. The fourth-order valence-corrected chi connectivity index (χ4v) is 1.90. The molecule has 0 unspecified atom stereocenters. The molecular weight excluding hydrogens is 435 g/mol. The molecule has 0 aliphatic heterocycles. The van der Waals surface area contributed by atoms with Crippen LogP contribution in [0.25, 0.3) is 0 Å². The van der Waals surface area contributed by atoms with Crippen LogP contribution in [-0.2, 0) is 35.2 Å². The SMILES string of the molecule is C=C(CC(=O)OCc1ccc(OCC)cc1)C(=O)OCC(=O)OCC(Cl)(Cl)Cl. The largest absolute Gasteiger partial charge is 0.494 e. The van der Waals surface area contributed by atoms with Gasteiger partial charge in [-0.25, -0.2) is 9.59 Å². The Bertz CT molecular complexity index is 696. The van der Waals surface area contributed by atoms with E-state index in [1.807, 2.05) is 6.92 Å². The van der Waals surface area contributed by atoms with Crippen LogP contribution in [0.1, 0.15) is 18.9 Å². The van der Waals surface area contributed by atoms with E-state index in [9.17, 15) is 14.4 Å². The van der Waals surface area contributed by atoms with Gasteiger partial charge >= 0.3 is 17.9 Å². The third-order valence-corrected chi connectivity index (χ3v) is 3.33. The highest BCUT2D eigenvalue weighted by atomic mass is 35.6. The van der Waals surface area contributed by atoms with Gasteiger partial charge in [-0.3, -0.25) is 4.79 Å². The Morgan fingerprint density at radius 2 is 1.64 bits per heavy atom. The molecule has 0 atom stereocenters. The predicted molar refractivity (Wildman–Crippen MR) is 103 cm³/mol. The topological polar surface area (TPSA) is 88.1 Å². The molecule has 0 saturated carbocycles. The Hall–Kier alpha value is -1.96. The number of carbonyl (C=O) groups excluding carboxylic acids is 3. The minimum atomic E-state index is -1.77. The maximum Gasteiger partial charge on any atom is 0.344 e. The van der Waals surface area contributed by atoms with Gasteiger partial charge in [-0.15, -0.1) is 0 Å². The van der Waals surface area contributed by atoms with Crippen LogP contribution in [-0.4, -0.2) is 41.5 Å². The number of benzene rings is 1. The molecule has 154 valence electrons. The summed E-state index contributed by atoms with van der Waals surface area (Å²) in [4.78, 5) is 34.9. The molecule has 0 amide bonds. The second kappa shape index (κ2) is 11.8. The van der Waals surface area contributed by atoms with Crippen molar-refractivity contribution in [1.82, 2.24) is 0 Å². The molecule has 0 fully saturated rings. The average molecular weight is 454 g/mol. The van der Waals surface area contributed by atoms with Crippen LogP contribution in [0.3, 0.4) is 0 Å².